The second kappa shape index (κ2) is 11.1. The lowest BCUT2D eigenvalue weighted by atomic mass is 10.1. The van der Waals surface area contributed by atoms with E-state index in [0.717, 1.165) is 18.9 Å². The number of nitriles is 1. The highest BCUT2D eigenvalue weighted by molar-refractivity contribution is 6.30. The number of carbonyl (C=O) groups excluding carboxylic acids is 4. The fourth-order valence-corrected chi connectivity index (χ4v) is 3.51. The minimum atomic E-state index is -6.15. The molecular weight excluding hydrogens is 517 g/mol. The number of benzene rings is 1. The molecule has 4 amide bonds. The Kier molecular flexibility index (Phi) is 8.84. The summed E-state index contributed by atoms with van der Waals surface area (Å²) in [5, 5.41) is 13.8. The van der Waals surface area contributed by atoms with Crippen LogP contribution in [0.5, 0.6) is 0 Å². The summed E-state index contributed by atoms with van der Waals surface area (Å²) >= 11 is 5.79. The summed E-state index contributed by atoms with van der Waals surface area (Å²) in [6.07, 6.45) is -6.14. The van der Waals surface area contributed by atoms with E-state index in [4.69, 9.17) is 11.6 Å². The van der Waals surface area contributed by atoms with Gasteiger partial charge in [-0.05, 0) is 37.6 Å². The molecule has 1 fully saturated rings. The molecule has 36 heavy (non-hydrogen) atoms. The maximum Gasteiger partial charge on any atom is 0.463 e. The van der Waals surface area contributed by atoms with Gasteiger partial charge in [0.05, 0.1) is 18.5 Å². The molecule has 1 aliphatic heterocycles. The molecule has 9 nitrogen and oxygen atoms in total. The van der Waals surface area contributed by atoms with Crippen LogP contribution in [0.25, 0.3) is 0 Å². The smallest absolute Gasteiger partial charge is 0.339 e. The van der Waals surface area contributed by atoms with Crippen molar-refractivity contribution in [2.45, 2.75) is 37.5 Å². The molecule has 2 rings (SSSR count). The summed E-state index contributed by atoms with van der Waals surface area (Å²) in [4.78, 5) is 50.7. The molecule has 3 atom stereocenters. The van der Waals surface area contributed by atoms with Gasteiger partial charge in [0.25, 0.3) is 0 Å². The van der Waals surface area contributed by atoms with E-state index in [0.29, 0.717) is 15.6 Å². The number of anilines is 1. The van der Waals surface area contributed by atoms with E-state index in [1.165, 1.54) is 5.32 Å². The van der Waals surface area contributed by atoms with Crippen molar-refractivity contribution in [3.63, 3.8) is 0 Å². The molecule has 0 aromatic heterocycles. The number of alkyl halides is 5. The summed E-state index contributed by atoms with van der Waals surface area (Å²) in [5.74, 6) is -11.5. The number of likely N-dealkylation sites (tertiary alicyclic amines) is 1. The number of amides is 4. The Morgan fingerprint density at radius 1 is 1.19 bits per heavy atom. The van der Waals surface area contributed by atoms with Crippen LogP contribution in [0.3, 0.4) is 0 Å². The van der Waals surface area contributed by atoms with Crippen LogP contribution in [-0.2, 0) is 19.2 Å². The van der Waals surface area contributed by atoms with Crippen molar-refractivity contribution in [2.75, 3.05) is 25.5 Å². The van der Waals surface area contributed by atoms with Crippen molar-refractivity contribution in [3.05, 3.63) is 29.3 Å². The van der Waals surface area contributed by atoms with Gasteiger partial charge in [0.2, 0.25) is 17.7 Å². The van der Waals surface area contributed by atoms with Crippen molar-refractivity contribution in [1.29, 1.82) is 5.26 Å². The molecular formula is C21H21ClF5N5O4. The molecule has 0 bridgehead atoms. The molecule has 0 radical (unpaired) electrons. The van der Waals surface area contributed by atoms with Gasteiger partial charge in [-0.25, -0.2) is 0 Å². The summed E-state index contributed by atoms with van der Waals surface area (Å²) in [5.41, 5.74) is 0.445. The van der Waals surface area contributed by atoms with E-state index >= 15 is 0 Å². The first kappa shape index (κ1) is 28.8. The minimum Gasteiger partial charge on any atom is -0.339 e. The van der Waals surface area contributed by atoms with E-state index in [1.54, 1.807) is 24.3 Å². The number of rotatable bonds is 7. The zero-order valence-electron chi connectivity index (χ0n) is 18.9. The predicted octanol–water partition coefficient (Wildman–Crippen LogP) is 2.18. The van der Waals surface area contributed by atoms with Gasteiger partial charge in [-0.3, -0.25) is 19.2 Å². The lowest BCUT2D eigenvalue weighted by Gasteiger charge is -2.26. The van der Waals surface area contributed by atoms with Crippen LogP contribution in [0.1, 0.15) is 13.3 Å². The van der Waals surface area contributed by atoms with Crippen LogP contribution in [0.2, 0.25) is 5.02 Å². The van der Waals surface area contributed by atoms with Crippen molar-refractivity contribution in [2.24, 2.45) is 5.92 Å². The molecule has 3 unspecified atom stereocenters. The summed E-state index contributed by atoms with van der Waals surface area (Å²) in [6, 6.07) is 5.31. The molecule has 0 saturated carbocycles. The second-order valence-corrected chi connectivity index (χ2v) is 8.52. The first-order valence-corrected chi connectivity index (χ1v) is 10.7. The molecule has 1 aromatic carbocycles. The highest BCUT2D eigenvalue weighted by Gasteiger charge is 2.63. The number of hydrogen-bond donors (Lipinski definition) is 2. The quantitative estimate of drug-likeness (QED) is 0.516. The van der Waals surface area contributed by atoms with Crippen molar-refractivity contribution in [1.82, 2.24) is 15.1 Å². The first-order valence-electron chi connectivity index (χ1n) is 10.3. The molecule has 1 saturated heterocycles. The minimum absolute atomic E-state index is 0.0122. The number of carbonyl (C=O) groups is 4. The zero-order chi connectivity index (χ0) is 27.4. The lowest BCUT2D eigenvalue weighted by Crippen LogP contribution is -2.56. The highest BCUT2D eigenvalue weighted by Crippen LogP contribution is 2.35. The van der Waals surface area contributed by atoms with Gasteiger partial charge in [-0.2, -0.15) is 27.2 Å². The molecule has 0 spiro atoms. The number of nitrogens with one attached hydrogen (secondary N) is 2. The number of likely N-dealkylation sites (N-methyl/N-ethyl adjacent to an activating group) is 1. The third kappa shape index (κ3) is 6.60. The average Bonchev–Trinajstić information content (AvgIpc) is 3.24. The predicted molar refractivity (Wildman–Crippen MR) is 116 cm³/mol. The normalized spacial score (nSPS) is 18.7. The topological polar surface area (TPSA) is 123 Å². The monoisotopic (exact) mass is 537 g/mol. The summed E-state index contributed by atoms with van der Waals surface area (Å²) in [6.45, 7) is 0.0414. The Morgan fingerprint density at radius 3 is 2.31 bits per heavy atom. The van der Waals surface area contributed by atoms with E-state index < -0.39 is 60.3 Å². The SMILES string of the molecule is CC(NC(=O)C(F)(F)C(F)(F)F)C(=O)N(C)CC(=O)N1CC(C(=O)Nc2ccc(Cl)cc2)CC1C#N. The second-order valence-electron chi connectivity index (χ2n) is 8.08. The lowest BCUT2D eigenvalue weighted by molar-refractivity contribution is -0.270. The van der Waals surface area contributed by atoms with Gasteiger partial charge in [-0.1, -0.05) is 11.6 Å². The van der Waals surface area contributed by atoms with Crippen LogP contribution in [-0.4, -0.2) is 77.7 Å². The largest absolute Gasteiger partial charge is 0.463 e. The third-order valence-corrected chi connectivity index (χ3v) is 5.61. The molecule has 0 aliphatic carbocycles. The Morgan fingerprint density at radius 2 is 1.78 bits per heavy atom. The Hall–Kier alpha value is -3.47. The maximum atomic E-state index is 13.1. The number of hydrogen-bond acceptors (Lipinski definition) is 5. The Bertz CT molecular complexity index is 1060. The van der Waals surface area contributed by atoms with Crippen LogP contribution in [0, 0.1) is 17.2 Å². The van der Waals surface area contributed by atoms with E-state index in [1.807, 2.05) is 6.07 Å². The summed E-state index contributed by atoms with van der Waals surface area (Å²) in [7, 11) is 1.06. The third-order valence-electron chi connectivity index (χ3n) is 5.36. The van der Waals surface area contributed by atoms with Crippen LogP contribution in [0.15, 0.2) is 24.3 Å². The Balaban J connectivity index is 1.98. The average molecular weight is 538 g/mol. The van der Waals surface area contributed by atoms with Gasteiger partial charge in [-0.15, -0.1) is 0 Å². The molecule has 1 heterocycles. The van der Waals surface area contributed by atoms with Crippen LogP contribution >= 0.6 is 11.6 Å². The first-order chi connectivity index (χ1) is 16.6. The Labute approximate surface area is 207 Å². The van der Waals surface area contributed by atoms with E-state index in [-0.39, 0.29) is 13.0 Å². The zero-order valence-corrected chi connectivity index (χ0v) is 19.7. The number of halogens is 6. The molecule has 196 valence electrons. The van der Waals surface area contributed by atoms with Crippen molar-refractivity contribution in [3.8, 4) is 6.07 Å². The van der Waals surface area contributed by atoms with Crippen LogP contribution in [0.4, 0.5) is 27.6 Å². The summed E-state index contributed by atoms with van der Waals surface area (Å²) < 4.78 is 63.2. The highest BCUT2D eigenvalue weighted by atomic mass is 35.5. The molecule has 2 N–H and O–H groups in total. The van der Waals surface area contributed by atoms with Crippen molar-refractivity contribution < 1.29 is 41.1 Å². The van der Waals surface area contributed by atoms with Crippen molar-refractivity contribution >= 4 is 40.9 Å². The van der Waals surface area contributed by atoms with Gasteiger partial charge < -0.3 is 20.4 Å². The molecule has 1 aliphatic rings. The number of nitrogens with zero attached hydrogens (tertiary/aromatic N) is 3. The molecule has 1 aromatic rings. The maximum absolute atomic E-state index is 13.1. The van der Waals surface area contributed by atoms with E-state index in [2.05, 4.69) is 5.32 Å². The molecule has 15 heteroatoms. The van der Waals surface area contributed by atoms with Crippen LogP contribution < -0.4 is 10.6 Å². The van der Waals surface area contributed by atoms with E-state index in [9.17, 15) is 46.4 Å². The van der Waals surface area contributed by atoms with Gasteiger partial charge in [0.1, 0.15) is 12.1 Å². The van der Waals surface area contributed by atoms with Gasteiger partial charge >= 0.3 is 18.0 Å². The standard InChI is InChI=1S/C21H21ClF5N5O4/c1-11(29-19(36)20(23,24)21(25,26)27)18(35)31(2)10-16(33)32-9-12(7-15(32)8-28)17(34)30-14-5-3-13(22)4-6-14/h3-6,11-12,15H,7,9-10H2,1-2H3,(H,29,36)(H,30,34). The van der Waals surface area contributed by atoms with Gasteiger partial charge in [0.15, 0.2) is 0 Å². The fourth-order valence-electron chi connectivity index (χ4n) is 3.38. The van der Waals surface area contributed by atoms with Gasteiger partial charge in [0, 0.05) is 24.3 Å². The fraction of sp³-hybridized carbons (Fsp3) is 0.476.